The third kappa shape index (κ3) is 2.79. The lowest BCUT2D eigenvalue weighted by Crippen LogP contribution is -2.42. The molecule has 1 aliphatic rings. The Bertz CT molecular complexity index is 361. The molecular formula is C14H21NO2. The summed E-state index contributed by atoms with van der Waals surface area (Å²) in [5.41, 5.74) is 2.06. The molecule has 2 rings (SSSR count). The van der Waals surface area contributed by atoms with Gasteiger partial charge in [0.15, 0.2) is 0 Å². The quantitative estimate of drug-likeness (QED) is 0.823. The molecule has 17 heavy (non-hydrogen) atoms. The molecule has 1 fully saturated rings. The summed E-state index contributed by atoms with van der Waals surface area (Å²) < 4.78 is 0. The van der Waals surface area contributed by atoms with Crippen molar-refractivity contribution in [3.05, 3.63) is 29.8 Å². The Hall–Kier alpha value is -1.06. The van der Waals surface area contributed by atoms with Crippen LogP contribution in [0.1, 0.15) is 31.9 Å². The first-order chi connectivity index (χ1) is 8.08. The van der Waals surface area contributed by atoms with E-state index in [0.717, 1.165) is 24.2 Å². The lowest BCUT2D eigenvalue weighted by atomic mass is 9.95. The molecule has 1 aromatic carbocycles. The number of nitrogens with zero attached hydrogens (tertiary/aromatic N) is 1. The van der Waals surface area contributed by atoms with Crippen LogP contribution in [0.4, 0.5) is 5.69 Å². The molecule has 1 saturated heterocycles. The van der Waals surface area contributed by atoms with Crippen molar-refractivity contribution in [1.82, 2.24) is 0 Å². The summed E-state index contributed by atoms with van der Waals surface area (Å²) >= 11 is 0. The van der Waals surface area contributed by atoms with Gasteiger partial charge in [0.05, 0.1) is 12.2 Å². The van der Waals surface area contributed by atoms with Crippen molar-refractivity contribution >= 4 is 5.69 Å². The van der Waals surface area contributed by atoms with Gasteiger partial charge in [0, 0.05) is 18.8 Å². The fourth-order valence-corrected chi connectivity index (χ4v) is 2.25. The number of rotatable bonds is 2. The second kappa shape index (κ2) is 5.07. The minimum atomic E-state index is -0.420. The van der Waals surface area contributed by atoms with Gasteiger partial charge in [-0.05, 0) is 37.0 Å². The summed E-state index contributed by atoms with van der Waals surface area (Å²) in [6, 6.07) is 7.93. The monoisotopic (exact) mass is 235 g/mol. The summed E-state index contributed by atoms with van der Waals surface area (Å²) in [5.74, 6) is 0.392. The summed E-state index contributed by atoms with van der Waals surface area (Å²) in [4.78, 5) is 2.20. The highest BCUT2D eigenvalue weighted by Crippen LogP contribution is 2.24. The number of piperidine rings is 1. The molecule has 2 unspecified atom stereocenters. The zero-order valence-electron chi connectivity index (χ0n) is 10.5. The van der Waals surface area contributed by atoms with Crippen LogP contribution in [-0.2, 0) is 0 Å². The third-order valence-electron chi connectivity index (χ3n) is 3.66. The maximum atomic E-state index is 9.87. The summed E-state index contributed by atoms with van der Waals surface area (Å²) in [6.07, 6.45) is 0.371. The Balaban J connectivity index is 2.07. The van der Waals surface area contributed by atoms with Crippen LogP contribution >= 0.6 is 0 Å². The van der Waals surface area contributed by atoms with Gasteiger partial charge in [-0.2, -0.15) is 0 Å². The van der Waals surface area contributed by atoms with Crippen LogP contribution in [-0.4, -0.2) is 29.4 Å². The molecule has 94 valence electrons. The van der Waals surface area contributed by atoms with Crippen molar-refractivity contribution in [1.29, 1.82) is 0 Å². The Morgan fingerprint density at radius 3 is 2.47 bits per heavy atom. The van der Waals surface area contributed by atoms with E-state index in [2.05, 4.69) is 11.8 Å². The number of hydrogen-bond donors (Lipinski definition) is 2. The van der Waals surface area contributed by atoms with Gasteiger partial charge < -0.3 is 15.1 Å². The molecule has 3 atom stereocenters. The summed E-state index contributed by atoms with van der Waals surface area (Å²) in [6.45, 7) is 5.56. The molecule has 0 radical (unpaired) electrons. The Morgan fingerprint density at radius 2 is 1.94 bits per heavy atom. The Morgan fingerprint density at radius 1 is 1.29 bits per heavy atom. The smallest absolute Gasteiger partial charge is 0.0761 e. The summed E-state index contributed by atoms with van der Waals surface area (Å²) in [7, 11) is 0. The van der Waals surface area contributed by atoms with E-state index in [9.17, 15) is 10.2 Å². The highest BCUT2D eigenvalue weighted by Gasteiger charge is 2.24. The Labute approximate surface area is 103 Å². The highest BCUT2D eigenvalue weighted by molar-refractivity contribution is 5.48. The van der Waals surface area contributed by atoms with E-state index in [0.29, 0.717) is 12.5 Å². The number of aliphatic hydroxyl groups is 2. The summed E-state index contributed by atoms with van der Waals surface area (Å²) in [5, 5.41) is 19.3. The Kier molecular flexibility index (Phi) is 3.69. The van der Waals surface area contributed by atoms with Crippen molar-refractivity contribution in [3.63, 3.8) is 0 Å². The maximum absolute atomic E-state index is 9.87. The molecule has 1 aromatic rings. The van der Waals surface area contributed by atoms with Crippen molar-refractivity contribution in [2.24, 2.45) is 5.92 Å². The van der Waals surface area contributed by atoms with E-state index in [-0.39, 0.29) is 6.10 Å². The van der Waals surface area contributed by atoms with Gasteiger partial charge in [0.2, 0.25) is 0 Å². The molecule has 0 saturated carbocycles. The van der Waals surface area contributed by atoms with Gasteiger partial charge in [-0.3, -0.25) is 0 Å². The normalized spacial score (nSPS) is 26.9. The second-order valence-electron chi connectivity index (χ2n) is 5.05. The molecule has 0 bridgehead atoms. The molecule has 2 N–H and O–H groups in total. The lowest BCUT2D eigenvalue weighted by molar-refractivity contribution is 0.103. The van der Waals surface area contributed by atoms with Crippen molar-refractivity contribution < 1.29 is 10.2 Å². The maximum Gasteiger partial charge on any atom is 0.0761 e. The molecule has 1 heterocycles. The first-order valence-corrected chi connectivity index (χ1v) is 6.29. The van der Waals surface area contributed by atoms with E-state index >= 15 is 0 Å². The average molecular weight is 235 g/mol. The van der Waals surface area contributed by atoms with Crippen LogP contribution in [0.25, 0.3) is 0 Å². The van der Waals surface area contributed by atoms with Crippen LogP contribution in [0, 0.1) is 5.92 Å². The van der Waals surface area contributed by atoms with Crippen molar-refractivity contribution in [2.45, 2.75) is 32.5 Å². The first kappa shape index (κ1) is 12.4. The minimum absolute atomic E-state index is 0.236. The van der Waals surface area contributed by atoms with Gasteiger partial charge in [-0.1, -0.05) is 19.1 Å². The minimum Gasteiger partial charge on any atom is -0.391 e. The van der Waals surface area contributed by atoms with Crippen LogP contribution < -0.4 is 4.90 Å². The van der Waals surface area contributed by atoms with Gasteiger partial charge in [-0.25, -0.2) is 0 Å². The molecule has 0 aromatic heterocycles. The van der Waals surface area contributed by atoms with Gasteiger partial charge in [0.1, 0.15) is 0 Å². The lowest BCUT2D eigenvalue weighted by Gasteiger charge is -2.35. The molecule has 0 aliphatic carbocycles. The van der Waals surface area contributed by atoms with Crippen LogP contribution in [0.5, 0.6) is 0 Å². The highest BCUT2D eigenvalue weighted by atomic mass is 16.3. The molecule has 3 heteroatoms. The second-order valence-corrected chi connectivity index (χ2v) is 5.05. The number of anilines is 1. The van der Waals surface area contributed by atoms with Crippen molar-refractivity contribution in [3.8, 4) is 0 Å². The largest absolute Gasteiger partial charge is 0.391 e. The third-order valence-corrected chi connectivity index (χ3v) is 3.66. The average Bonchev–Trinajstić information content (AvgIpc) is 2.33. The predicted octanol–water partition coefficient (Wildman–Crippen LogP) is 1.95. The molecule has 0 amide bonds. The fourth-order valence-electron chi connectivity index (χ4n) is 2.25. The van der Waals surface area contributed by atoms with E-state index in [1.54, 1.807) is 6.92 Å². The van der Waals surface area contributed by atoms with Crippen LogP contribution in [0.3, 0.4) is 0 Å². The molecule has 0 spiro atoms. The number of aliphatic hydroxyl groups excluding tert-OH is 2. The van der Waals surface area contributed by atoms with Gasteiger partial charge >= 0.3 is 0 Å². The molecule has 3 nitrogen and oxygen atoms in total. The van der Waals surface area contributed by atoms with E-state index in [4.69, 9.17) is 0 Å². The zero-order chi connectivity index (χ0) is 12.4. The van der Waals surface area contributed by atoms with Crippen LogP contribution in [0.2, 0.25) is 0 Å². The number of hydrogen-bond acceptors (Lipinski definition) is 3. The molecular weight excluding hydrogens is 214 g/mol. The van der Waals surface area contributed by atoms with E-state index < -0.39 is 6.10 Å². The first-order valence-electron chi connectivity index (χ1n) is 6.29. The SMILES string of the molecule is CC1CCN(c2ccc([C@@H](C)O)cc2)CC1O. The molecule has 1 aliphatic heterocycles. The standard InChI is InChI=1S/C14H21NO2/c1-10-7-8-15(9-14(10)17)13-5-3-12(4-6-13)11(2)16/h3-6,10-11,14,16-17H,7-9H2,1-2H3/t10?,11-,14?/m1/s1. The number of β-amino-alcohol motifs (C(OH)–C–C–N with tert-alkyl or cyclic N) is 1. The van der Waals surface area contributed by atoms with Crippen LogP contribution in [0.15, 0.2) is 24.3 Å². The van der Waals surface area contributed by atoms with E-state index in [1.807, 2.05) is 24.3 Å². The fraction of sp³-hybridized carbons (Fsp3) is 0.571. The number of benzene rings is 1. The van der Waals surface area contributed by atoms with Gasteiger partial charge in [0.25, 0.3) is 0 Å². The predicted molar refractivity (Wildman–Crippen MR) is 69.1 cm³/mol. The van der Waals surface area contributed by atoms with Crippen molar-refractivity contribution in [2.75, 3.05) is 18.0 Å². The van der Waals surface area contributed by atoms with E-state index in [1.165, 1.54) is 0 Å². The zero-order valence-corrected chi connectivity index (χ0v) is 10.5. The topological polar surface area (TPSA) is 43.7 Å². The van der Waals surface area contributed by atoms with Gasteiger partial charge in [-0.15, -0.1) is 0 Å².